The molecule has 3 rings (SSSR count). The SMILES string of the molecule is CCN1CCCC1CNC(=NCc1nnc(C)n1C)NCCc1ccc(F)cc1C.I. The van der Waals surface area contributed by atoms with Crippen molar-refractivity contribution in [1.29, 1.82) is 0 Å². The maximum atomic E-state index is 13.3. The van der Waals surface area contributed by atoms with Gasteiger partial charge in [-0.1, -0.05) is 13.0 Å². The largest absolute Gasteiger partial charge is 0.356 e. The van der Waals surface area contributed by atoms with Crippen LogP contribution in [0, 0.1) is 19.7 Å². The van der Waals surface area contributed by atoms with Crippen LogP contribution >= 0.6 is 24.0 Å². The molecule has 1 aromatic carbocycles. The van der Waals surface area contributed by atoms with Crippen molar-refractivity contribution in [3.8, 4) is 0 Å². The van der Waals surface area contributed by atoms with Gasteiger partial charge in [0.1, 0.15) is 18.2 Å². The number of nitrogens with one attached hydrogen (secondary N) is 2. The first-order chi connectivity index (χ1) is 14.5. The Morgan fingerprint density at radius 1 is 1.26 bits per heavy atom. The molecule has 1 fully saturated rings. The van der Waals surface area contributed by atoms with E-state index in [1.807, 2.05) is 31.5 Å². The molecule has 1 unspecified atom stereocenters. The van der Waals surface area contributed by atoms with Gasteiger partial charge in [0.25, 0.3) is 0 Å². The maximum Gasteiger partial charge on any atom is 0.191 e. The second kappa shape index (κ2) is 12.3. The molecule has 172 valence electrons. The first-order valence-corrected chi connectivity index (χ1v) is 10.8. The van der Waals surface area contributed by atoms with Crippen LogP contribution in [0.3, 0.4) is 0 Å². The number of aromatic nitrogens is 3. The topological polar surface area (TPSA) is 70.4 Å². The molecule has 1 atom stereocenters. The fourth-order valence-electron chi connectivity index (χ4n) is 3.93. The van der Waals surface area contributed by atoms with Crippen molar-refractivity contribution < 1.29 is 4.39 Å². The van der Waals surface area contributed by atoms with E-state index >= 15 is 0 Å². The summed E-state index contributed by atoms with van der Waals surface area (Å²) >= 11 is 0. The van der Waals surface area contributed by atoms with Gasteiger partial charge in [0.15, 0.2) is 11.8 Å². The van der Waals surface area contributed by atoms with E-state index in [-0.39, 0.29) is 29.8 Å². The summed E-state index contributed by atoms with van der Waals surface area (Å²) in [7, 11) is 1.95. The molecule has 1 aliphatic heterocycles. The zero-order valence-electron chi connectivity index (χ0n) is 19.0. The zero-order chi connectivity index (χ0) is 21.5. The number of guanidine groups is 1. The smallest absolute Gasteiger partial charge is 0.191 e. The summed E-state index contributed by atoms with van der Waals surface area (Å²) < 4.78 is 15.3. The van der Waals surface area contributed by atoms with Crippen LogP contribution in [0.4, 0.5) is 4.39 Å². The van der Waals surface area contributed by atoms with Gasteiger partial charge in [-0.15, -0.1) is 34.2 Å². The third-order valence-electron chi connectivity index (χ3n) is 5.96. The number of rotatable bonds is 8. The number of benzene rings is 1. The van der Waals surface area contributed by atoms with Crippen LogP contribution in [0.1, 0.15) is 42.5 Å². The lowest BCUT2D eigenvalue weighted by Gasteiger charge is -2.24. The predicted octanol–water partition coefficient (Wildman–Crippen LogP) is 2.95. The lowest BCUT2D eigenvalue weighted by molar-refractivity contribution is 0.267. The molecule has 1 saturated heterocycles. The molecule has 1 aliphatic rings. The van der Waals surface area contributed by atoms with E-state index in [4.69, 9.17) is 4.99 Å². The van der Waals surface area contributed by atoms with Crippen molar-refractivity contribution in [2.75, 3.05) is 26.2 Å². The van der Waals surface area contributed by atoms with Crippen LogP contribution < -0.4 is 10.6 Å². The lowest BCUT2D eigenvalue weighted by Crippen LogP contribution is -2.45. The number of aryl methyl sites for hydroxylation is 2. The number of aliphatic imine (C=N–C) groups is 1. The van der Waals surface area contributed by atoms with Gasteiger partial charge in [0, 0.05) is 26.2 Å². The Bertz CT molecular complexity index is 868. The third-order valence-corrected chi connectivity index (χ3v) is 5.96. The average molecular weight is 543 g/mol. The average Bonchev–Trinajstić information content (AvgIpc) is 3.32. The Balaban J connectivity index is 0.00000341. The Kier molecular flexibility index (Phi) is 10.1. The summed E-state index contributed by atoms with van der Waals surface area (Å²) in [5, 5.41) is 15.3. The Morgan fingerprint density at radius 3 is 2.74 bits per heavy atom. The molecule has 2 N–H and O–H groups in total. The predicted molar refractivity (Wildman–Crippen MR) is 133 cm³/mol. The van der Waals surface area contributed by atoms with Crippen LogP contribution in [-0.2, 0) is 20.0 Å². The van der Waals surface area contributed by atoms with E-state index < -0.39 is 0 Å². The number of nitrogens with zero attached hydrogens (tertiary/aromatic N) is 5. The number of hydrogen-bond acceptors (Lipinski definition) is 4. The van der Waals surface area contributed by atoms with Gasteiger partial charge in [0.05, 0.1) is 0 Å². The van der Waals surface area contributed by atoms with Gasteiger partial charge in [0.2, 0.25) is 0 Å². The van der Waals surface area contributed by atoms with Crippen molar-refractivity contribution in [3.63, 3.8) is 0 Å². The summed E-state index contributed by atoms with van der Waals surface area (Å²) in [6.07, 6.45) is 3.27. The molecule has 2 aromatic rings. The number of hydrogen-bond donors (Lipinski definition) is 2. The van der Waals surface area contributed by atoms with Gasteiger partial charge >= 0.3 is 0 Å². The minimum absolute atomic E-state index is 0. The van der Waals surface area contributed by atoms with Crippen molar-refractivity contribution >= 4 is 29.9 Å². The molecule has 7 nitrogen and oxygen atoms in total. The van der Waals surface area contributed by atoms with Crippen LogP contribution in [0.25, 0.3) is 0 Å². The highest BCUT2D eigenvalue weighted by Gasteiger charge is 2.22. The standard InChI is InChI=1S/C22H34FN7.HI/c1-5-30-12-6-7-20(30)14-25-22(26-15-21-28-27-17(3)29(21)4)24-11-10-18-8-9-19(23)13-16(18)2;/h8-9,13,20H,5-7,10-12,14-15H2,1-4H3,(H2,24,25,26);1H. The second-order valence-corrected chi connectivity index (χ2v) is 7.94. The van der Waals surface area contributed by atoms with E-state index in [1.54, 1.807) is 6.07 Å². The first-order valence-electron chi connectivity index (χ1n) is 10.8. The number of likely N-dealkylation sites (tertiary alicyclic amines) is 1. The molecule has 31 heavy (non-hydrogen) atoms. The molecular formula is C22H35FIN7. The van der Waals surface area contributed by atoms with Crippen molar-refractivity contribution in [2.45, 2.75) is 52.6 Å². The fraction of sp³-hybridized carbons (Fsp3) is 0.591. The highest BCUT2D eigenvalue weighted by atomic mass is 127. The van der Waals surface area contributed by atoms with E-state index in [0.717, 1.165) is 54.8 Å². The van der Waals surface area contributed by atoms with Crippen molar-refractivity contribution in [1.82, 2.24) is 30.3 Å². The van der Waals surface area contributed by atoms with Gasteiger partial charge in [-0.2, -0.15) is 0 Å². The summed E-state index contributed by atoms with van der Waals surface area (Å²) in [4.78, 5) is 7.25. The molecule has 0 spiro atoms. The molecule has 0 bridgehead atoms. The Morgan fingerprint density at radius 2 is 2.06 bits per heavy atom. The summed E-state index contributed by atoms with van der Waals surface area (Å²) in [5.41, 5.74) is 2.11. The summed E-state index contributed by atoms with van der Waals surface area (Å²) in [5.74, 6) is 2.29. The quantitative estimate of drug-likeness (QED) is 0.305. The molecule has 9 heteroatoms. The van der Waals surface area contributed by atoms with Crippen molar-refractivity contribution in [3.05, 3.63) is 46.8 Å². The van der Waals surface area contributed by atoms with Gasteiger partial charge < -0.3 is 15.2 Å². The van der Waals surface area contributed by atoms with Crippen LogP contribution in [0.15, 0.2) is 23.2 Å². The number of halogens is 2. The molecule has 2 heterocycles. The van der Waals surface area contributed by atoms with Crippen LogP contribution in [0.5, 0.6) is 0 Å². The highest BCUT2D eigenvalue weighted by Crippen LogP contribution is 2.15. The van der Waals surface area contributed by atoms with E-state index in [0.29, 0.717) is 12.6 Å². The Hall–Kier alpha value is -1.75. The van der Waals surface area contributed by atoms with Crippen LogP contribution in [0.2, 0.25) is 0 Å². The van der Waals surface area contributed by atoms with E-state index in [2.05, 4.69) is 32.7 Å². The van der Waals surface area contributed by atoms with E-state index in [9.17, 15) is 4.39 Å². The molecule has 0 aliphatic carbocycles. The van der Waals surface area contributed by atoms with E-state index in [1.165, 1.54) is 25.5 Å². The normalized spacial score (nSPS) is 16.9. The van der Waals surface area contributed by atoms with Crippen LogP contribution in [-0.4, -0.2) is 57.8 Å². The van der Waals surface area contributed by atoms with Crippen molar-refractivity contribution in [2.24, 2.45) is 12.0 Å². The van der Waals surface area contributed by atoms with Gasteiger partial charge in [-0.05, 0) is 69.5 Å². The maximum absolute atomic E-state index is 13.3. The zero-order valence-corrected chi connectivity index (χ0v) is 21.3. The van der Waals surface area contributed by atoms with Gasteiger partial charge in [-0.3, -0.25) is 4.90 Å². The molecule has 0 saturated carbocycles. The summed E-state index contributed by atoms with van der Waals surface area (Å²) in [6, 6.07) is 5.50. The lowest BCUT2D eigenvalue weighted by atomic mass is 10.1. The van der Waals surface area contributed by atoms with Gasteiger partial charge in [-0.25, -0.2) is 9.38 Å². The molecule has 1 aromatic heterocycles. The Labute approximate surface area is 201 Å². The third kappa shape index (κ3) is 7.13. The second-order valence-electron chi connectivity index (χ2n) is 7.94. The minimum Gasteiger partial charge on any atom is -0.356 e. The molecule has 0 radical (unpaired) electrons. The minimum atomic E-state index is -0.191. The summed E-state index contributed by atoms with van der Waals surface area (Å²) in [6.45, 7) is 10.4. The monoisotopic (exact) mass is 543 g/mol. The molecule has 0 amide bonds. The number of likely N-dealkylation sites (N-methyl/N-ethyl adjacent to an activating group) is 1. The highest BCUT2D eigenvalue weighted by molar-refractivity contribution is 14.0. The first kappa shape index (κ1) is 25.5. The fourth-order valence-corrected chi connectivity index (χ4v) is 3.93. The molecular weight excluding hydrogens is 508 g/mol.